The lowest BCUT2D eigenvalue weighted by Crippen LogP contribution is -2.28. The Labute approximate surface area is 162 Å². The van der Waals surface area contributed by atoms with E-state index in [9.17, 15) is 9.90 Å². The van der Waals surface area contributed by atoms with E-state index in [2.05, 4.69) is 17.1 Å². The fraction of sp³-hybridized carbons (Fsp3) is 0.381. The van der Waals surface area contributed by atoms with Crippen molar-refractivity contribution in [3.63, 3.8) is 0 Å². The molecule has 1 unspecified atom stereocenters. The molecule has 146 valence electrons. The molecule has 1 amide bonds. The van der Waals surface area contributed by atoms with Gasteiger partial charge in [-0.25, -0.2) is 4.79 Å². The number of carboxylic acid groups (broad SMARTS) is 1. The van der Waals surface area contributed by atoms with Gasteiger partial charge < -0.3 is 14.4 Å². The van der Waals surface area contributed by atoms with Gasteiger partial charge in [0.05, 0.1) is 6.61 Å². The second-order valence-electron chi connectivity index (χ2n) is 7.02. The number of fused-ring (bicyclic) bond motifs is 1. The number of aromatic nitrogens is 2. The molecule has 1 atom stereocenters. The highest BCUT2D eigenvalue weighted by atomic mass is 16.5. The number of unbranched alkanes of at least 4 members (excludes halogenated alkanes) is 1. The molecule has 28 heavy (non-hydrogen) atoms. The van der Waals surface area contributed by atoms with Crippen LogP contribution in [0.2, 0.25) is 0 Å². The molecule has 0 aliphatic carbocycles. The van der Waals surface area contributed by atoms with E-state index in [-0.39, 0.29) is 6.04 Å². The van der Waals surface area contributed by atoms with Gasteiger partial charge in [0, 0.05) is 12.1 Å². The van der Waals surface area contributed by atoms with Crippen LogP contribution in [0.3, 0.4) is 0 Å². The molecule has 3 aromatic rings. The molecular weight excluding hydrogens is 358 g/mol. The van der Waals surface area contributed by atoms with Gasteiger partial charge in [-0.2, -0.15) is 4.98 Å². The number of ether oxygens (including phenoxy) is 1. The van der Waals surface area contributed by atoms with Gasteiger partial charge in [-0.15, -0.1) is 0 Å². The van der Waals surface area contributed by atoms with Gasteiger partial charge in [-0.05, 0) is 48.2 Å². The van der Waals surface area contributed by atoms with Crippen LogP contribution in [0.4, 0.5) is 4.79 Å². The average molecular weight is 381 g/mol. The Balaban J connectivity index is 1.55. The first kappa shape index (κ1) is 18.3. The predicted molar refractivity (Wildman–Crippen MR) is 104 cm³/mol. The third kappa shape index (κ3) is 3.65. The van der Waals surface area contributed by atoms with Gasteiger partial charge in [-0.1, -0.05) is 36.7 Å². The molecule has 1 aromatic heterocycles. The van der Waals surface area contributed by atoms with Gasteiger partial charge in [0.2, 0.25) is 11.7 Å². The van der Waals surface area contributed by atoms with Gasteiger partial charge in [0.1, 0.15) is 11.8 Å². The summed E-state index contributed by atoms with van der Waals surface area (Å²) in [5, 5.41) is 15.5. The number of likely N-dealkylation sites (tertiary alicyclic amines) is 1. The summed E-state index contributed by atoms with van der Waals surface area (Å²) in [5.74, 6) is 1.69. The fourth-order valence-electron chi connectivity index (χ4n) is 3.53. The first-order valence-electron chi connectivity index (χ1n) is 9.66. The van der Waals surface area contributed by atoms with Crippen molar-refractivity contribution >= 4 is 16.9 Å². The Hall–Kier alpha value is -3.09. The van der Waals surface area contributed by atoms with Gasteiger partial charge >= 0.3 is 6.09 Å². The summed E-state index contributed by atoms with van der Waals surface area (Å²) in [6.45, 7) is 3.36. The minimum Gasteiger partial charge on any atom is -0.494 e. The topological polar surface area (TPSA) is 88.7 Å². The van der Waals surface area contributed by atoms with Crippen LogP contribution >= 0.6 is 0 Å². The second kappa shape index (κ2) is 7.88. The third-order valence-electron chi connectivity index (χ3n) is 5.06. The van der Waals surface area contributed by atoms with E-state index in [0.717, 1.165) is 48.0 Å². The van der Waals surface area contributed by atoms with Crippen LogP contribution in [0.1, 0.15) is 44.5 Å². The number of carbonyl (C=O) groups is 1. The lowest BCUT2D eigenvalue weighted by atomic mass is 10.1. The molecule has 0 spiro atoms. The monoisotopic (exact) mass is 381 g/mol. The van der Waals surface area contributed by atoms with Crippen LogP contribution in [0.25, 0.3) is 22.2 Å². The van der Waals surface area contributed by atoms with Crippen LogP contribution in [0.5, 0.6) is 5.75 Å². The molecule has 1 N–H and O–H groups in total. The van der Waals surface area contributed by atoms with E-state index >= 15 is 0 Å². The minimum absolute atomic E-state index is 0.356. The molecule has 7 heteroatoms. The van der Waals surface area contributed by atoms with Crippen LogP contribution in [-0.4, -0.2) is 39.4 Å². The zero-order valence-corrected chi connectivity index (χ0v) is 15.8. The van der Waals surface area contributed by atoms with Crippen LogP contribution in [-0.2, 0) is 0 Å². The van der Waals surface area contributed by atoms with Crippen molar-refractivity contribution in [2.24, 2.45) is 0 Å². The van der Waals surface area contributed by atoms with Crippen molar-refractivity contribution in [3.05, 3.63) is 42.3 Å². The highest BCUT2D eigenvalue weighted by Crippen LogP contribution is 2.32. The number of hydrogen-bond donors (Lipinski definition) is 1. The molecule has 0 radical (unpaired) electrons. The summed E-state index contributed by atoms with van der Waals surface area (Å²) >= 11 is 0. The summed E-state index contributed by atoms with van der Waals surface area (Å²) in [6, 6.07) is 11.6. The molecular formula is C21H23N3O4. The quantitative estimate of drug-likeness (QED) is 0.612. The zero-order valence-electron chi connectivity index (χ0n) is 15.8. The SMILES string of the molecule is CCCCOc1ccc2cc(-c3noc(C4CCCN4C(=O)O)n3)ccc2c1. The van der Waals surface area contributed by atoms with Gasteiger partial charge in [0.25, 0.3) is 0 Å². The van der Waals surface area contributed by atoms with Crippen molar-refractivity contribution in [3.8, 4) is 17.1 Å². The summed E-state index contributed by atoms with van der Waals surface area (Å²) < 4.78 is 11.2. The molecule has 2 aromatic carbocycles. The van der Waals surface area contributed by atoms with Crippen molar-refractivity contribution in [2.45, 2.75) is 38.6 Å². The van der Waals surface area contributed by atoms with E-state index in [1.807, 2.05) is 36.4 Å². The number of amides is 1. The van der Waals surface area contributed by atoms with E-state index in [0.29, 0.717) is 24.7 Å². The summed E-state index contributed by atoms with van der Waals surface area (Å²) in [7, 11) is 0. The molecule has 1 aliphatic heterocycles. The Morgan fingerprint density at radius 2 is 2.11 bits per heavy atom. The van der Waals surface area contributed by atoms with Crippen LogP contribution in [0, 0.1) is 0 Å². The van der Waals surface area contributed by atoms with Crippen molar-refractivity contribution in [2.75, 3.05) is 13.2 Å². The summed E-state index contributed by atoms with van der Waals surface area (Å²) in [5.41, 5.74) is 0.835. The van der Waals surface area contributed by atoms with E-state index < -0.39 is 6.09 Å². The molecule has 7 nitrogen and oxygen atoms in total. The van der Waals surface area contributed by atoms with Crippen molar-refractivity contribution < 1.29 is 19.2 Å². The number of nitrogens with zero attached hydrogens (tertiary/aromatic N) is 3. The smallest absolute Gasteiger partial charge is 0.407 e. The highest BCUT2D eigenvalue weighted by Gasteiger charge is 2.34. The Bertz CT molecular complexity index is 985. The lowest BCUT2D eigenvalue weighted by Gasteiger charge is -2.17. The molecule has 0 saturated carbocycles. The molecule has 0 bridgehead atoms. The van der Waals surface area contributed by atoms with Crippen LogP contribution in [0.15, 0.2) is 40.9 Å². The number of hydrogen-bond acceptors (Lipinski definition) is 5. The summed E-state index contributed by atoms with van der Waals surface area (Å²) in [6.07, 6.45) is 2.69. The van der Waals surface area contributed by atoms with E-state index in [1.165, 1.54) is 4.90 Å². The molecule has 2 heterocycles. The lowest BCUT2D eigenvalue weighted by molar-refractivity contribution is 0.131. The zero-order chi connectivity index (χ0) is 19.5. The normalized spacial score (nSPS) is 16.6. The second-order valence-corrected chi connectivity index (χ2v) is 7.02. The van der Waals surface area contributed by atoms with E-state index in [4.69, 9.17) is 9.26 Å². The molecule has 4 rings (SSSR count). The van der Waals surface area contributed by atoms with Crippen molar-refractivity contribution in [1.82, 2.24) is 15.0 Å². The first-order chi connectivity index (χ1) is 13.7. The summed E-state index contributed by atoms with van der Waals surface area (Å²) in [4.78, 5) is 17.2. The number of rotatable bonds is 6. The van der Waals surface area contributed by atoms with Crippen molar-refractivity contribution in [1.29, 1.82) is 0 Å². The maximum absolute atomic E-state index is 11.3. The molecule has 1 fully saturated rings. The molecule has 1 aliphatic rings. The fourth-order valence-corrected chi connectivity index (χ4v) is 3.53. The minimum atomic E-state index is -0.954. The largest absolute Gasteiger partial charge is 0.494 e. The first-order valence-corrected chi connectivity index (χ1v) is 9.66. The van der Waals surface area contributed by atoms with Gasteiger partial charge in [0.15, 0.2) is 0 Å². The third-order valence-corrected chi connectivity index (χ3v) is 5.06. The Morgan fingerprint density at radius 1 is 1.29 bits per heavy atom. The standard InChI is InChI=1S/C21H23N3O4/c1-2-3-11-27-17-9-8-14-12-16(7-6-15(14)13-17)19-22-20(28-23-19)18-5-4-10-24(18)21(25)26/h6-9,12-13,18H,2-5,10-11H2,1H3,(H,25,26). The van der Waals surface area contributed by atoms with Gasteiger partial charge in [-0.3, -0.25) is 4.90 Å². The average Bonchev–Trinajstić information content (AvgIpc) is 3.37. The Morgan fingerprint density at radius 3 is 2.93 bits per heavy atom. The highest BCUT2D eigenvalue weighted by molar-refractivity contribution is 5.87. The predicted octanol–water partition coefficient (Wildman–Crippen LogP) is 4.88. The maximum Gasteiger partial charge on any atom is 0.407 e. The van der Waals surface area contributed by atoms with E-state index in [1.54, 1.807) is 0 Å². The molecule has 1 saturated heterocycles. The maximum atomic E-state index is 11.3. The van der Waals surface area contributed by atoms with Crippen LogP contribution < -0.4 is 4.74 Å². The Kier molecular flexibility index (Phi) is 5.14. The number of benzene rings is 2.